The van der Waals surface area contributed by atoms with Gasteiger partial charge in [0, 0.05) is 11.6 Å². The zero-order chi connectivity index (χ0) is 10.7. The second-order valence-corrected chi connectivity index (χ2v) is 3.99. The Balaban J connectivity index is 2.19. The maximum atomic E-state index is 11.0. The molecule has 1 saturated heterocycles. The number of carbonyl (C=O) groups is 1. The standard InChI is InChI=1S/C12H16N2O/c13-12(15)10-5-3-4-9(8-10)11-6-1-2-7-14-11/h3-5,8,11,14H,1-2,6-7H2,(H2,13,15)/t11-/m0/s1. The number of hydrogen-bond acceptors (Lipinski definition) is 2. The highest BCUT2D eigenvalue weighted by Gasteiger charge is 2.15. The van der Waals surface area contributed by atoms with Crippen molar-refractivity contribution in [3.8, 4) is 0 Å². The van der Waals surface area contributed by atoms with E-state index in [9.17, 15) is 4.79 Å². The van der Waals surface area contributed by atoms with Gasteiger partial charge in [-0.1, -0.05) is 18.6 Å². The van der Waals surface area contributed by atoms with Crippen LogP contribution in [0.1, 0.15) is 41.2 Å². The van der Waals surface area contributed by atoms with E-state index < -0.39 is 0 Å². The molecule has 1 aromatic carbocycles. The third-order valence-corrected chi connectivity index (χ3v) is 2.88. The zero-order valence-corrected chi connectivity index (χ0v) is 8.70. The SMILES string of the molecule is NC(=O)c1cccc([C@@H]2CCCCN2)c1. The third kappa shape index (κ3) is 2.36. The molecule has 80 valence electrons. The Labute approximate surface area is 89.7 Å². The van der Waals surface area contributed by atoms with Crippen LogP contribution in [0.2, 0.25) is 0 Å². The molecule has 3 heteroatoms. The zero-order valence-electron chi connectivity index (χ0n) is 8.70. The summed E-state index contributed by atoms with van der Waals surface area (Å²) in [6, 6.07) is 7.99. The molecule has 0 unspecified atom stereocenters. The van der Waals surface area contributed by atoms with Gasteiger partial charge >= 0.3 is 0 Å². The van der Waals surface area contributed by atoms with Crippen molar-refractivity contribution >= 4 is 5.91 Å². The number of benzene rings is 1. The van der Waals surface area contributed by atoms with Crippen LogP contribution in [-0.2, 0) is 0 Å². The van der Waals surface area contributed by atoms with E-state index in [-0.39, 0.29) is 5.91 Å². The lowest BCUT2D eigenvalue weighted by molar-refractivity contribution is 0.1000. The molecule has 3 N–H and O–H groups in total. The lowest BCUT2D eigenvalue weighted by atomic mass is 9.96. The molecule has 15 heavy (non-hydrogen) atoms. The quantitative estimate of drug-likeness (QED) is 0.768. The molecule has 0 spiro atoms. The summed E-state index contributed by atoms with van der Waals surface area (Å²) in [6.45, 7) is 1.06. The highest BCUT2D eigenvalue weighted by molar-refractivity contribution is 5.92. The van der Waals surface area contributed by atoms with Crippen LogP contribution < -0.4 is 11.1 Å². The average Bonchev–Trinajstić information content (AvgIpc) is 2.30. The lowest BCUT2D eigenvalue weighted by Crippen LogP contribution is -2.27. The van der Waals surface area contributed by atoms with Gasteiger partial charge in [-0.2, -0.15) is 0 Å². The van der Waals surface area contributed by atoms with Crippen molar-refractivity contribution in [2.45, 2.75) is 25.3 Å². The summed E-state index contributed by atoms with van der Waals surface area (Å²) in [5.41, 5.74) is 7.02. The first-order valence-electron chi connectivity index (χ1n) is 5.40. The number of rotatable bonds is 2. The molecule has 0 aromatic heterocycles. The van der Waals surface area contributed by atoms with Gasteiger partial charge < -0.3 is 11.1 Å². The van der Waals surface area contributed by atoms with Crippen LogP contribution in [-0.4, -0.2) is 12.5 Å². The highest BCUT2D eigenvalue weighted by Crippen LogP contribution is 2.23. The van der Waals surface area contributed by atoms with Crippen molar-refractivity contribution in [3.05, 3.63) is 35.4 Å². The van der Waals surface area contributed by atoms with Gasteiger partial charge in [-0.05, 0) is 37.1 Å². The van der Waals surface area contributed by atoms with Crippen LogP contribution in [0.4, 0.5) is 0 Å². The van der Waals surface area contributed by atoms with Crippen LogP contribution >= 0.6 is 0 Å². The molecule has 0 bridgehead atoms. The van der Waals surface area contributed by atoms with Crippen LogP contribution in [0, 0.1) is 0 Å². The number of hydrogen-bond donors (Lipinski definition) is 2. The van der Waals surface area contributed by atoms with Crippen molar-refractivity contribution in [1.82, 2.24) is 5.32 Å². The van der Waals surface area contributed by atoms with Gasteiger partial charge in [0.1, 0.15) is 0 Å². The molecule has 1 aliphatic heterocycles. The molecule has 1 atom stereocenters. The summed E-state index contributed by atoms with van der Waals surface area (Å²) in [5.74, 6) is -0.354. The minimum Gasteiger partial charge on any atom is -0.366 e. The molecule has 1 aliphatic rings. The maximum Gasteiger partial charge on any atom is 0.248 e. The number of nitrogens with one attached hydrogen (secondary N) is 1. The molecule has 1 heterocycles. The Morgan fingerprint density at radius 1 is 1.40 bits per heavy atom. The van der Waals surface area contributed by atoms with E-state index in [0.717, 1.165) is 13.0 Å². The fourth-order valence-electron chi connectivity index (χ4n) is 2.05. The molecule has 1 amide bonds. The van der Waals surface area contributed by atoms with Crippen LogP contribution in [0.3, 0.4) is 0 Å². The van der Waals surface area contributed by atoms with Crippen LogP contribution in [0.15, 0.2) is 24.3 Å². The Kier molecular flexibility index (Phi) is 3.02. The van der Waals surface area contributed by atoms with E-state index in [4.69, 9.17) is 5.73 Å². The summed E-state index contributed by atoms with van der Waals surface area (Å²) < 4.78 is 0. The van der Waals surface area contributed by atoms with E-state index in [1.165, 1.54) is 18.4 Å². The predicted molar refractivity (Wildman–Crippen MR) is 59.6 cm³/mol. The van der Waals surface area contributed by atoms with Gasteiger partial charge in [0.2, 0.25) is 5.91 Å². The largest absolute Gasteiger partial charge is 0.366 e. The Bertz CT molecular complexity index is 356. The van der Waals surface area contributed by atoms with E-state index >= 15 is 0 Å². The summed E-state index contributed by atoms with van der Waals surface area (Å²) in [5, 5.41) is 3.45. The fourth-order valence-corrected chi connectivity index (χ4v) is 2.05. The van der Waals surface area contributed by atoms with Crippen molar-refractivity contribution in [3.63, 3.8) is 0 Å². The highest BCUT2D eigenvalue weighted by atomic mass is 16.1. The Morgan fingerprint density at radius 2 is 2.27 bits per heavy atom. The van der Waals surface area contributed by atoms with Gasteiger partial charge in [-0.25, -0.2) is 0 Å². The minimum absolute atomic E-state index is 0.354. The maximum absolute atomic E-state index is 11.0. The van der Waals surface area contributed by atoms with Crippen molar-refractivity contribution in [2.24, 2.45) is 5.73 Å². The van der Waals surface area contributed by atoms with Crippen LogP contribution in [0.25, 0.3) is 0 Å². The van der Waals surface area contributed by atoms with E-state index in [1.807, 2.05) is 12.1 Å². The number of carbonyl (C=O) groups excluding carboxylic acids is 1. The predicted octanol–water partition coefficient (Wildman–Crippen LogP) is 1.60. The molecule has 2 rings (SSSR count). The molecule has 1 fully saturated rings. The fraction of sp³-hybridized carbons (Fsp3) is 0.417. The van der Waals surface area contributed by atoms with Gasteiger partial charge in [0.05, 0.1) is 0 Å². The summed E-state index contributed by atoms with van der Waals surface area (Å²) in [7, 11) is 0. The molecule has 0 radical (unpaired) electrons. The summed E-state index contributed by atoms with van der Waals surface area (Å²) >= 11 is 0. The molecule has 3 nitrogen and oxygen atoms in total. The smallest absolute Gasteiger partial charge is 0.248 e. The van der Waals surface area contributed by atoms with Crippen molar-refractivity contribution in [1.29, 1.82) is 0 Å². The summed E-state index contributed by atoms with van der Waals surface area (Å²) in [6.07, 6.45) is 3.63. The van der Waals surface area contributed by atoms with Crippen molar-refractivity contribution < 1.29 is 4.79 Å². The second-order valence-electron chi connectivity index (χ2n) is 3.99. The van der Waals surface area contributed by atoms with Gasteiger partial charge in [-0.3, -0.25) is 4.79 Å². The van der Waals surface area contributed by atoms with Gasteiger partial charge in [0.15, 0.2) is 0 Å². The van der Waals surface area contributed by atoms with Crippen molar-refractivity contribution in [2.75, 3.05) is 6.54 Å². The average molecular weight is 204 g/mol. The van der Waals surface area contributed by atoms with E-state index in [1.54, 1.807) is 6.07 Å². The molecule has 0 saturated carbocycles. The lowest BCUT2D eigenvalue weighted by Gasteiger charge is -2.24. The topological polar surface area (TPSA) is 55.1 Å². The number of primary amides is 1. The second kappa shape index (κ2) is 4.45. The van der Waals surface area contributed by atoms with E-state index in [2.05, 4.69) is 11.4 Å². The normalized spacial score (nSPS) is 21.2. The number of amides is 1. The Morgan fingerprint density at radius 3 is 2.93 bits per heavy atom. The van der Waals surface area contributed by atoms with Gasteiger partial charge in [-0.15, -0.1) is 0 Å². The molecule has 0 aliphatic carbocycles. The number of nitrogens with two attached hydrogens (primary N) is 1. The summed E-state index contributed by atoms with van der Waals surface area (Å²) in [4.78, 5) is 11.0. The first kappa shape index (κ1) is 10.2. The molecule has 1 aromatic rings. The number of piperidine rings is 1. The van der Waals surface area contributed by atoms with Gasteiger partial charge in [0.25, 0.3) is 0 Å². The molecular weight excluding hydrogens is 188 g/mol. The monoisotopic (exact) mass is 204 g/mol. The minimum atomic E-state index is -0.354. The van der Waals surface area contributed by atoms with E-state index in [0.29, 0.717) is 11.6 Å². The third-order valence-electron chi connectivity index (χ3n) is 2.88. The first-order valence-corrected chi connectivity index (χ1v) is 5.40. The first-order chi connectivity index (χ1) is 7.27. The molecular formula is C12H16N2O. The Hall–Kier alpha value is -1.35. The van der Waals surface area contributed by atoms with Crippen LogP contribution in [0.5, 0.6) is 0 Å².